The van der Waals surface area contributed by atoms with E-state index >= 15 is 0 Å². The van der Waals surface area contributed by atoms with Crippen molar-refractivity contribution in [3.8, 4) is 0 Å². The van der Waals surface area contributed by atoms with Crippen LogP contribution in [0, 0.1) is 19.3 Å². The number of hydrogen-bond acceptors (Lipinski definition) is 6. The minimum atomic E-state index is -0.0572. The molecule has 3 aliphatic heterocycles. The third-order valence-corrected chi connectivity index (χ3v) is 8.22. The molecule has 0 N–H and O–H groups in total. The second-order valence-electron chi connectivity index (χ2n) is 11.5. The van der Waals surface area contributed by atoms with Gasteiger partial charge in [0.05, 0.1) is 12.6 Å². The molecule has 8 nitrogen and oxygen atoms in total. The molecular weight excluding hydrogens is 454 g/mol. The standard InChI is InChI=1S/C28H39N5O3/c1-19(2)25-29-30-26(36-25)23-16-28(18-33(23)17-24(34)31-9-5-6-10-31)7-11-32(12-8-28)27(35)22-14-20(3)13-21(4)15-22/h13-15,19,23H,5-12,16-18H2,1-4H3. The van der Waals surface area contributed by atoms with Crippen LogP contribution >= 0.6 is 0 Å². The fourth-order valence-corrected chi connectivity index (χ4v) is 6.24. The van der Waals surface area contributed by atoms with E-state index in [0.29, 0.717) is 18.3 Å². The molecule has 8 heteroatoms. The van der Waals surface area contributed by atoms with Gasteiger partial charge in [0.1, 0.15) is 0 Å². The van der Waals surface area contributed by atoms with E-state index in [0.717, 1.165) is 81.5 Å². The number of nitrogens with zero attached hydrogens (tertiary/aromatic N) is 5. The predicted octanol–water partition coefficient (Wildman–Crippen LogP) is 4.10. The molecule has 36 heavy (non-hydrogen) atoms. The number of hydrogen-bond donors (Lipinski definition) is 0. The van der Waals surface area contributed by atoms with Crippen LogP contribution in [0.4, 0.5) is 0 Å². The monoisotopic (exact) mass is 493 g/mol. The van der Waals surface area contributed by atoms with Crippen molar-refractivity contribution in [1.29, 1.82) is 0 Å². The van der Waals surface area contributed by atoms with E-state index in [2.05, 4.69) is 21.2 Å². The molecule has 0 saturated carbocycles. The summed E-state index contributed by atoms with van der Waals surface area (Å²) in [4.78, 5) is 32.6. The summed E-state index contributed by atoms with van der Waals surface area (Å²) in [6.45, 7) is 12.5. The van der Waals surface area contributed by atoms with E-state index in [4.69, 9.17) is 4.42 Å². The lowest BCUT2D eigenvalue weighted by atomic mass is 9.76. The van der Waals surface area contributed by atoms with Crippen LogP contribution in [-0.4, -0.2) is 76.0 Å². The highest BCUT2D eigenvalue weighted by Crippen LogP contribution is 2.49. The lowest BCUT2D eigenvalue weighted by molar-refractivity contribution is -0.131. The molecule has 1 unspecified atom stereocenters. The number of likely N-dealkylation sites (tertiary alicyclic amines) is 3. The largest absolute Gasteiger partial charge is 0.423 e. The first-order valence-electron chi connectivity index (χ1n) is 13.5. The maximum Gasteiger partial charge on any atom is 0.253 e. The van der Waals surface area contributed by atoms with Gasteiger partial charge in [-0.25, -0.2) is 0 Å². The summed E-state index contributed by atoms with van der Waals surface area (Å²) < 4.78 is 6.09. The third kappa shape index (κ3) is 5.05. The van der Waals surface area contributed by atoms with Crippen LogP contribution in [0.2, 0.25) is 0 Å². The number of carbonyl (C=O) groups excluding carboxylic acids is 2. The highest BCUT2D eigenvalue weighted by Gasteiger charge is 2.49. The first-order valence-corrected chi connectivity index (χ1v) is 13.5. The van der Waals surface area contributed by atoms with E-state index in [1.54, 1.807) is 0 Å². The summed E-state index contributed by atoms with van der Waals surface area (Å²) >= 11 is 0. The van der Waals surface area contributed by atoms with E-state index < -0.39 is 0 Å². The fraction of sp³-hybridized carbons (Fsp3) is 0.643. The van der Waals surface area contributed by atoms with Gasteiger partial charge in [-0.1, -0.05) is 31.0 Å². The zero-order valence-corrected chi connectivity index (χ0v) is 22.1. The quantitative estimate of drug-likeness (QED) is 0.624. The van der Waals surface area contributed by atoms with E-state index in [-0.39, 0.29) is 29.2 Å². The van der Waals surface area contributed by atoms with Gasteiger partial charge in [-0.15, -0.1) is 10.2 Å². The average molecular weight is 494 g/mol. The second kappa shape index (κ2) is 9.96. The molecule has 0 bridgehead atoms. The third-order valence-electron chi connectivity index (χ3n) is 8.22. The summed E-state index contributed by atoms with van der Waals surface area (Å²) in [5.41, 5.74) is 3.05. The van der Waals surface area contributed by atoms with Gasteiger partial charge in [0, 0.05) is 44.2 Å². The Kier molecular flexibility index (Phi) is 6.90. The Morgan fingerprint density at radius 1 is 1.00 bits per heavy atom. The molecule has 3 aliphatic rings. The summed E-state index contributed by atoms with van der Waals surface area (Å²) in [6.07, 6.45) is 4.89. The fourth-order valence-electron chi connectivity index (χ4n) is 6.24. The Balaban J connectivity index is 1.31. The molecule has 2 aromatic rings. The highest BCUT2D eigenvalue weighted by molar-refractivity contribution is 5.94. The van der Waals surface area contributed by atoms with Gasteiger partial charge in [-0.05, 0) is 63.5 Å². The molecule has 1 aromatic carbocycles. The van der Waals surface area contributed by atoms with Gasteiger partial charge >= 0.3 is 0 Å². The van der Waals surface area contributed by atoms with E-state index in [9.17, 15) is 9.59 Å². The topological polar surface area (TPSA) is 82.8 Å². The molecule has 5 rings (SSSR count). The number of benzene rings is 1. The number of aryl methyl sites for hydroxylation is 2. The Bertz CT molecular complexity index is 1090. The number of amides is 2. The first-order chi connectivity index (χ1) is 17.2. The van der Waals surface area contributed by atoms with Crippen LogP contribution in [-0.2, 0) is 4.79 Å². The van der Waals surface area contributed by atoms with Crippen molar-refractivity contribution in [2.75, 3.05) is 39.3 Å². The van der Waals surface area contributed by atoms with Crippen LogP contribution in [0.15, 0.2) is 22.6 Å². The van der Waals surface area contributed by atoms with Crippen LogP contribution in [0.3, 0.4) is 0 Å². The van der Waals surface area contributed by atoms with Crippen LogP contribution in [0.25, 0.3) is 0 Å². The normalized spacial score (nSPS) is 22.2. The van der Waals surface area contributed by atoms with Gasteiger partial charge in [-0.2, -0.15) is 0 Å². The number of rotatable bonds is 5. The number of aromatic nitrogens is 2. The van der Waals surface area contributed by atoms with Crippen LogP contribution in [0.5, 0.6) is 0 Å². The van der Waals surface area contributed by atoms with E-state index in [1.807, 2.05) is 49.6 Å². The van der Waals surface area contributed by atoms with Crippen molar-refractivity contribution in [1.82, 2.24) is 24.9 Å². The van der Waals surface area contributed by atoms with Crippen molar-refractivity contribution >= 4 is 11.8 Å². The van der Waals surface area contributed by atoms with Crippen molar-refractivity contribution in [2.45, 2.75) is 71.8 Å². The average Bonchev–Trinajstić information content (AvgIpc) is 3.59. The zero-order valence-electron chi connectivity index (χ0n) is 22.1. The maximum absolute atomic E-state index is 13.2. The summed E-state index contributed by atoms with van der Waals surface area (Å²) in [7, 11) is 0. The van der Waals surface area contributed by atoms with Crippen molar-refractivity contribution < 1.29 is 14.0 Å². The minimum Gasteiger partial charge on any atom is -0.423 e. The molecule has 3 fully saturated rings. The van der Waals surface area contributed by atoms with Crippen LogP contribution < -0.4 is 0 Å². The molecule has 1 aromatic heterocycles. The molecule has 0 aliphatic carbocycles. The molecule has 194 valence electrons. The lowest BCUT2D eigenvalue weighted by Crippen LogP contribution is -2.45. The number of carbonyl (C=O) groups is 2. The van der Waals surface area contributed by atoms with Gasteiger partial charge in [0.25, 0.3) is 5.91 Å². The molecule has 2 amide bonds. The van der Waals surface area contributed by atoms with Gasteiger partial charge in [-0.3, -0.25) is 14.5 Å². The second-order valence-corrected chi connectivity index (χ2v) is 11.5. The van der Waals surface area contributed by atoms with Crippen LogP contribution in [0.1, 0.15) is 91.2 Å². The predicted molar refractivity (Wildman–Crippen MR) is 137 cm³/mol. The van der Waals surface area contributed by atoms with Crippen molar-refractivity contribution in [3.63, 3.8) is 0 Å². The minimum absolute atomic E-state index is 0.0434. The summed E-state index contributed by atoms with van der Waals surface area (Å²) in [5.74, 6) is 1.75. The van der Waals surface area contributed by atoms with Gasteiger partial charge in [0.2, 0.25) is 17.7 Å². The Labute approximate surface area is 214 Å². The van der Waals surface area contributed by atoms with Crippen molar-refractivity contribution in [2.24, 2.45) is 5.41 Å². The number of piperidine rings is 1. The SMILES string of the molecule is Cc1cc(C)cc(C(=O)N2CCC3(CC2)CC(c2nnc(C(C)C)o2)N(CC(=O)N2CCCC2)C3)c1. The zero-order chi connectivity index (χ0) is 25.4. The Morgan fingerprint density at radius 2 is 1.67 bits per heavy atom. The highest BCUT2D eigenvalue weighted by atomic mass is 16.4. The summed E-state index contributed by atoms with van der Waals surface area (Å²) in [6, 6.07) is 6.01. The molecule has 0 radical (unpaired) electrons. The Morgan fingerprint density at radius 3 is 2.28 bits per heavy atom. The smallest absolute Gasteiger partial charge is 0.253 e. The molecule has 1 spiro atoms. The first kappa shape index (κ1) is 24.9. The molecule has 4 heterocycles. The van der Waals surface area contributed by atoms with Gasteiger partial charge < -0.3 is 14.2 Å². The molecular formula is C28H39N5O3. The van der Waals surface area contributed by atoms with Gasteiger partial charge in [0.15, 0.2) is 0 Å². The maximum atomic E-state index is 13.2. The van der Waals surface area contributed by atoms with Crippen molar-refractivity contribution in [3.05, 3.63) is 46.7 Å². The molecule has 1 atom stereocenters. The molecule has 3 saturated heterocycles. The summed E-state index contributed by atoms with van der Waals surface area (Å²) in [5, 5.41) is 8.68. The Hall–Kier alpha value is -2.74. The lowest BCUT2D eigenvalue weighted by Gasteiger charge is -2.39. The van der Waals surface area contributed by atoms with E-state index in [1.165, 1.54) is 0 Å².